The predicted molar refractivity (Wildman–Crippen MR) is 136 cm³/mol. The molecule has 0 bridgehead atoms. The van der Waals surface area contributed by atoms with Crippen molar-refractivity contribution in [3.05, 3.63) is 89.1 Å². The Hall–Kier alpha value is -3.24. The van der Waals surface area contributed by atoms with E-state index < -0.39 is 0 Å². The molecule has 0 radical (unpaired) electrons. The van der Waals surface area contributed by atoms with Crippen LogP contribution < -0.4 is 4.90 Å². The molecule has 0 N–H and O–H groups in total. The molecule has 0 saturated carbocycles. The molecule has 0 aliphatic carbocycles. The van der Waals surface area contributed by atoms with Gasteiger partial charge in [-0.1, -0.05) is 48.0 Å². The van der Waals surface area contributed by atoms with Gasteiger partial charge in [0.1, 0.15) is 0 Å². The topological polar surface area (TPSA) is 36.4 Å². The molecule has 0 spiro atoms. The van der Waals surface area contributed by atoms with Gasteiger partial charge < -0.3 is 4.90 Å². The molecule has 2 aromatic carbocycles. The third-order valence-electron chi connectivity index (χ3n) is 6.70. The normalized spacial score (nSPS) is 16.3. The van der Waals surface area contributed by atoms with E-state index in [0.717, 1.165) is 42.9 Å². The third-order valence-corrected chi connectivity index (χ3v) is 6.70. The Balaban J connectivity index is 1.30. The van der Waals surface area contributed by atoms with Crippen LogP contribution in [0.25, 0.3) is 17.3 Å². The van der Waals surface area contributed by atoms with Crippen molar-refractivity contribution in [2.45, 2.75) is 32.6 Å². The van der Waals surface area contributed by atoms with Gasteiger partial charge in [-0.25, -0.2) is 0 Å². The molecule has 1 aromatic heterocycles. The summed E-state index contributed by atoms with van der Waals surface area (Å²) in [5, 5.41) is 0. The first kappa shape index (κ1) is 21.6. The van der Waals surface area contributed by atoms with Crippen LogP contribution in [0.4, 0.5) is 5.69 Å². The molecule has 1 saturated heterocycles. The molecule has 3 heterocycles. The van der Waals surface area contributed by atoms with E-state index in [4.69, 9.17) is 0 Å². The number of amides is 1. The van der Waals surface area contributed by atoms with Crippen LogP contribution in [0.1, 0.15) is 46.3 Å². The van der Waals surface area contributed by atoms with Crippen molar-refractivity contribution in [3.63, 3.8) is 0 Å². The number of aromatic nitrogens is 1. The number of carbonyl (C=O) groups excluding carboxylic acids is 1. The number of hydrogen-bond acceptors (Lipinski definition) is 3. The summed E-state index contributed by atoms with van der Waals surface area (Å²) in [4.78, 5) is 22.3. The van der Waals surface area contributed by atoms with Crippen LogP contribution in [-0.2, 0) is 6.42 Å². The summed E-state index contributed by atoms with van der Waals surface area (Å²) in [5.41, 5.74) is 7.30. The summed E-state index contributed by atoms with van der Waals surface area (Å²) in [6.45, 7) is 6.27. The molecule has 4 heteroatoms. The molecule has 1 amide bonds. The number of aryl methyl sites for hydroxylation is 2. The Kier molecular flexibility index (Phi) is 6.36. The minimum absolute atomic E-state index is 0.0243. The largest absolute Gasteiger partial charge is 0.308 e. The van der Waals surface area contributed by atoms with E-state index in [1.54, 1.807) is 6.20 Å². The van der Waals surface area contributed by atoms with Gasteiger partial charge in [-0.2, -0.15) is 0 Å². The maximum atomic E-state index is 13.3. The summed E-state index contributed by atoms with van der Waals surface area (Å²) < 4.78 is 0. The van der Waals surface area contributed by atoms with Crippen LogP contribution >= 0.6 is 0 Å². The highest BCUT2D eigenvalue weighted by Crippen LogP contribution is 2.30. The Labute approximate surface area is 196 Å². The van der Waals surface area contributed by atoms with Gasteiger partial charge >= 0.3 is 0 Å². The van der Waals surface area contributed by atoms with Gasteiger partial charge in [0.2, 0.25) is 0 Å². The fraction of sp³-hybridized carbons (Fsp3) is 0.310. The molecular weight excluding hydrogens is 406 g/mol. The van der Waals surface area contributed by atoms with Crippen LogP contribution in [0.5, 0.6) is 0 Å². The summed E-state index contributed by atoms with van der Waals surface area (Å²) in [6, 6.07) is 18.6. The minimum Gasteiger partial charge on any atom is -0.308 e. The number of pyridine rings is 1. The smallest absolute Gasteiger partial charge is 0.259 e. The number of fused-ring (bicyclic) bond motifs is 1. The third kappa shape index (κ3) is 4.91. The highest BCUT2D eigenvalue weighted by molar-refractivity contribution is 6.06. The zero-order valence-corrected chi connectivity index (χ0v) is 19.3. The van der Waals surface area contributed by atoms with Crippen molar-refractivity contribution >= 4 is 17.7 Å². The standard InChI is InChI=1S/C29H31N3O/c1-22-8-11-24(12-9-22)27-14-13-26(21-30-27)29(33)32-19-5-7-25-20-23(10-15-28(25)32)6-4-18-31-16-2-3-17-31/h4,6,8-15,20-21H,2-3,5,7,16-19H2,1H3/b6-4+. The number of likely N-dealkylation sites (tertiary alicyclic amines) is 1. The molecule has 2 aliphatic heterocycles. The molecule has 2 aliphatic rings. The SMILES string of the molecule is Cc1ccc(-c2ccc(C(=O)N3CCCc4cc(/C=C/CN5CCCC5)ccc43)cn2)cc1. The first-order chi connectivity index (χ1) is 16.2. The number of carbonyl (C=O) groups is 1. The number of hydrogen-bond donors (Lipinski definition) is 0. The summed E-state index contributed by atoms with van der Waals surface area (Å²) in [5.74, 6) is 0.0243. The van der Waals surface area contributed by atoms with Crippen LogP contribution in [0.2, 0.25) is 0 Å². The highest BCUT2D eigenvalue weighted by atomic mass is 16.2. The molecule has 33 heavy (non-hydrogen) atoms. The van der Waals surface area contributed by atoms with Crippen LogP contribution in [-0.4, -0.2) is 42.0 Å². The van der Waals surface area contributed by atoms with Crippen molar-refractivity contribution in [3.8, 4) is 11.3 Å². The molecule has 3 aromatic rings. The Morgan fingerprint density at radius 1 is 0.970 bits per heavy atom. The Bertz CT molecular complexity index is 1140. The second-order valence-electron chi connectivity index (χ2n) is 9.16. The lowest BCUT2D eigenvalue weighted by Gasteiger charge is -2.30. The predicted octanol–water partition coefficient (Wildman–Crippen LogP) is 5.76. The highest BCUT2D eigenvalue weighted by Gasteiger charge is 2.24. The maximum absolute atomic E-state index is 13.3. The van der Waals surface area contributed by atoms with Crippen molar-refractivity contribution in [1.82, 2.24) is 9.88 Å². The number of nitrogens with zero attached hydrogens (tertiary/aromatic N) is 3. The van der Waals surface area contributed by atoms with E-state index in [1.165, 1.54) is 42.6 Å². The van der Waals surface area contributed by atoms with E-state index in [2.05, 4.69) is 71.4 Å². The monoisotopic (exact) mass is 437 g/mol. The van der Waals surface area contributed by atoms with E-state index in [-0.39, 0.29) is 5.91 Å². The average Bonchev–Trinajstić information content (AvgIpc) is 3.37. The first-order valence-corrected chi connectivity index (χ1v) is 12.0. The van der Waals surface area contributed by atoms with Crippen molar-refractivity contribution in [1.29, 1.82) is 0 Å². The Morgan fingerprint density at radius 2 is 1.79 bits per heavy atom. The second kappa shape index (κ2) is 9.72. The molecule has 0 unspecified atom stereocenters. The van der Waals surface area contributed by atoms with Crippen molar-refractivity contribution < 1.29 is 4.79 Å². The van der Waals surface area contributed by atoms with Crippen LogP contribution in [0, 0.1) is 6.92 Å². The zero-order valence-electron chi connectivity index (χ0n) is 19.3. The summed E-state index contributed by atoms with van der Waals surface area (Å²) >= 11 is 0. The van der Waals surface area contributed by atoms with E-state index in [9.17, 15) is 4.79 Å². The van der Waals surface area contributed by atoms with Crippen molar-refractivity contribution in [2.75, 3.05) is 31.1 Å². The lowest BCUT2D eigenvalue weighted by Crippen LogP contribution is -2.35. The van der Waals surface area contributed by atoms with Crippen molar-refractivity contribution in [2.24, 2.45) is 0 Å². The molecule has 0 atom stereocenters. The Morgan fingerprint density at radius 3 is 2.55 bits per heavy atom. The lowest BCUT2D eigenvalue weighted by atomic mass is 9.98. The average molecular weight is 438 g/mol. The summed E-state index contributed by atoms with van der Waals surface area (Å²) in [6.07, 6.45) is 10.8. The maximum Gasteiger partial charge on any atom is 0.259 e. The summed E-state index contributed by atoms with van der Waals surface area (Å²) in [7, 11) is 0. The first-order valence-electron chi connectivity index (χ1n) is 12.0. The number of anilines is 1. The fourth-order valence-corrected chi connectivity index (χ4v) is 4.81. The number of rotatable bonds is 5. The molecule has 5 rings (SSSR count). The molecular formula is C29H31N3O. The molecule has 4 nitrogen and oxygen atoms in total. The van der Waals surface area contributed by atoms with E-state index in [1.807, 2.05) is 17.0 Å². The lowest BCUT2D eigenvalue weighted by molar-refractivity contribution is 0.0985. The van der Waals surface area contributed by atoms with Crippen LogP contribution in [0.15, 0.2) is 66.9 Å². The van der Waals surface area contributed by atoms with Gasteiger partial charge in [-0.3, -0.25) is 14.7 Å². The van der Waals surface area contributed by atoms with Gasteiger partial charge in [0.05, 0.1) is 11.3 Å². The number of benzene rings is 2. The van der Waals surface area contributed by atoms with Gasteiger partial charge in [0.15, 0.2) is 0 Å². The van der Waals surface area contributed by atoms with Gasteiger partial charge in [-0.15, -0.1) is 0 Å². The van der Waals surface area contributed by atoms with Gasteiger partial charge in [0.25, 0.3) is 5.91 Å². The van der Waals surface area contributed by atoms with Gasteiger partial charge in [0, 0.05) is 30.5 Å². The quantitative estimate of drug-likeness (QED) is 0.509. The molecule has 1 fully saturated rings. The van der Waals surface area contributed by atoms with Crippen LogP contribution in [0.3, 0.4) is 0 Å². The second-order valence-corrected chi connectivity index (χ2v) is 9.16. The zero-order chi connectivity index (χ0) is 22.6. The fourth-order valence-electron chi connectivity index (χ4n) is 4.81. The van der Waals surface area contributed by atoms with Gasteiger partial charge in [-0.05, 0) is 81.1 Å². The minimum atomic E-state index is 0.0243. The van der Waals surface area contributed by atoms with E-state index in [0.29, 0.717) is 5.56 Å². The molecule has 168 valence electrons. The van der Waals surface area contributed by atoms with E-state index >= 15 is 0 Å².